The van der Waals surface area contributed by atoms with Gasteiger partial charge in [-0.15, -0.1) is 5.10 Å². The van der Waals surface area contributed by atoms with E-state index in [0.29, 0.717) is 17.5 Å². The fourth-order valence-electron chi connectivity index (χ4n) is 2.57. The third-order valence-corrected chi connectivity index (χ3v) is 4.73. The van der Waals surface area contributed by atoms with E-state index in [1.807, 2.05) is 26.8 Å². The van der Waals surface area contributed by atoms with Crippen LogP contribution in [0.1, 0.15) is 31.2 Å². The van der Waals surface area contributed by atoms with Crippen LogP contribution in [0.15, 0.2) is 11.2 Å². The van der Waals surface area contributed by atoms with Crippen LogP contribution in [0.5, 0.6) is 0 Å². The van der Waals surface area contributed by atoms with E-state index in [4.69, 9.17) is 4.74 Å². The maximum absolute atomic E-state index is 12.2. The molecular formula is C15H21N5O2S. The van der Waals surface area contributed by atoms with Crippen LogP contribution < -0.4 is 5.32 Å². The first-order chi connectivity index (χ1) is 11.0. The Morgan fingerprint density at radius 3 is 3.09 bits per heavy atom. The van der Waals surface area contributed by atoms with Crippen LogP contribution in [0.4, 0.5) is 0 Å². The molecule has 0 spiro atoms. The highest BCUT2D eigenvalue weighted by Crippen LogP contribution is 2.21. The summed E-state index contributed by atoms with van der Waals surface area (Å²) in [5.74, 6) is 0.544. The molecule has 0 unspecified atom stereocenters. The SMILES string of the molecule is Cc1cc(C)n2nc(S[C@@H](C)C(=O)NC[C@@H]3CCCO3)nc2n1. The van der Waals surface area contributed by atoms with E-state index in [1.54, 1.807) is 4.52 Å². The summed E-state index contributed by atoms with van der Waals surface area (Å²) in [5, 5.41) is 7.64. The Kier molecular flexibility index (Phi) is 4.82. The van der Waals surface area contributed by atoms with Crippen molar-refractivity contribution >= 4 is 23.4 Å². The molecule has 1 fully saturated rings. The minimum atomic E-state index is -0.268. The van der Waals surface area contributed by atoms with Gasteiger partial charge >= 0.3 is 0 Å². The first-order valence-corrected chi connectivity index (χ1v) is 8.68. The highest BCUT2D eigenvalue weighted by atomic mass is 32.2. The molecule has 1 aliphatic heterocycles. The normalized spacial score (nSPS) is 19.2. The molecule has 1 amide bonds. The van der Waals surface area contributed by atoms with Gasteiger partial charge in [-0.3, -0.25) is 4.79 Å². The number of ether oxygens (including phenoxy) is 1. The molecule has 124 valence electrons. The zero-order valence-electron chi connectivity index (χ0n) is 13.6. The molecule has 2 aromatic rings. The van der Waals surface area contributed by atoms with Crippen LogP contribution in [0.3, 0.4) is 0 Å². The van der Waals surface area contributed by atoms with Gasteiger partial charge in [-0.1, -0.05) is 11.8 Å². The number of amides is 1. The van der Waals surface area contributed by atoms with Crippen LogP contribution in [0.25, 0.3) is 5.78 Å². The van der Waals surface area contributed by atoms with Gasteiger partial charge in [-0.2, -0.15) is 4.98 Å². The number of nitrogens with one attached hydrogen (secondary N) is 1. The number of thioether (sulfide) groups is 1. The molecule has 8 heteroatoms. The van der Waals surface area contributed by atoms with Gasteiger partial charge in [-0.05, 0) is 39.7 Å². The Morgan fingerprint density at radius 2 is 2.35 bits per heavy atom. The molecule has 2 aromatic heterocycles. The minimum absolute atomic E-state index is 0.0229. The Hall–Kier alpha value is -1.67. The molecule has 0 radical (unpaired) electrons. The van der Waals surface area contributed by atoms with Gasteiger partial charge in [0.15, 0.2) is 0 Å². The smallest absolute Gasteiger partial charge is 0.253 e. The molecule has 0 saturated carbocycles. The molecule has 3 heterocycles. The van der Waals surface area contributed by atoms with Crippen LogP contribution in [-0.4, -0.2) is 50.0 Å². The summed E-state index contributed by atoms with van der Waals surface area (Å²) in [6.45, 7) is 7.11. The predicted octanol–water partition coefficient (Wildman–Crippen LogP) is 1.52. The molecule has 0 aromatic carbocycles. The number of hydrogen-bond acceptors (Lipinski definition) is 6. The molecule has 1 saturated heterocycles. The lowest BCUT2D eigenvalue weighted by Crippen LogP contribution is -2.36. The van der Waals surface area contributed by atoms with Crippen LogP contribution in [0, 0.1) is 13.8 Å². The van der Waals surface area contributed by atoms with Crippen molar-refractivity contribution in [1.82, 2.24) is 24.9 Å². The molecule has 0 bridgehead atoms. The Bertz CT molecular complexity index is 711. The summed E-state index contributed by atoms with van der Waals surface area (Å²) in [4.78, 5) is 20.9. The van der Waals surface area contributed by atoms with E-state index in [2.05, 4.69) is 20.4 Å². The molecule has 2 atom stereocenters. The summed E-state index contributed by atoms with van der Waals surface area (Å²) in [6, 6.07) is 1.95. The van der Waals surface area contributed by atoms with Gasteiger partial charge in [0.1, 0.15) is 0 Å². The van der Waals surface area contributed by atoms with Gasteiger partial charge < -0.3 is 10.1 Å². The lowest BCUT2D eigenvalue weighted by Gasteiger charge is -2.13. The van der Waals surface area contributed by atoms with Crippen molar-refractivity contribution in [2.45, 2.75) is 50.1 Å². The molecule has 0 aliphatic carbocycles. The van der Waals surface area contributed by atoms with E-state index in [0.717, 1.165) is 30.8 Å². The van der Waals surface area contributed by atoms with Crippen LogP contribution in [0.2, 0.25) is 0 Å². The number of aryl methyl sites for hydroxylation is 2. The average molecular weight is 335 g/mol. The first kappa shape index (κ1) is 16.2. The maximum Gasteiger partial charge on any atom is 0.253 e. The zero-order chi connectivity index (χ0) is 16.4. The van der Waals surface area contributed by atoms with Gasteiger partial charge in [0.25, 0.3) is 5.78 Å². The minimum Gasteiger partial charge on any atom is -0.376 e. The van der Waals surface area contributed by atoms with Crippen molar-refractivity contribution in [2.75, 3.05) is 13.2 Å². The first-order valence-electron chi connectivity index (χ1n) is 7.80. The third kappa shape index (κ3) is 3.81. The maximum atomic E-state index is 12.2. The van der Waals surface area contributed by atoms with Gasteiger partial charge in [0, 0.05) is 24.5 Å². The molecule has 7 nitrogen and oxygen atoms in total. The standard InChI is InChI=1S/C15H21N5O2S/c1-9-7-10(2)20-14(17-9)18-15(19-20)23-11(3)13(21)16-8-12-5-4-6-22-12/h7,11-12H,4-6,8H2,1-3H3,(H,16,21)/t11-,12-/m0/s1. The molecule has 1 aliphatic rings. The lowest BCUT2D eigenvalue weighted by molar-refractivity contribution is -0.120. The molecule has 3 rings (SSSR count). The van der Waals surface area contributed by atoms with Crippen molar-refractivity contribution < 1.29 is 9.53 Å². The van der Waals surface area contributed by atoms with Gasteiger partial charge in [0.05, 0.1) is 11.4 Å². The molecular weight excluding hydrogens is 314 g/mol. The van der Waals surface area contributed by atoms with Crippen molar-refractivity contribution in [1.29, 1.82) is 0 Å². The van der Waals surface area contributed by atoms with E-state index in [1.165, 1.54) is 11.8 Å². The summed E-state index contributed by atoms with van der Waals surface area (Å²) < 4.78 is 7.21. The fraction of sp³-hybridized carbons (Fsp3) is 0.600. The van der Waals surface area contributed by atoms with E-state index < -0.39 is 0 Å². The third-order valence-electron chi connectivity index (χ3n) is 3.78. The Morgan fingerprint density at radius 1 is 1.52 bits per heavy atom. The highest BCUT2D eigenvalue weighted by Gasteiger charge is 2.21. The number of nitrogens with zero attached hydrogens (tertiary/aromatic N) is 4. The number of hydrogen-bond donors (Lipinski definition) is 1. The topological polar surface area (TPSA) is 81.4 Å². The average Bonchev–Trinajstić information content (AvgIpc) is 3.13. The quantitative estimate of drug-likeness (QED) is 0.834. The number of carbonyl (C=O) groups excluding carboxylic acids is 1. The van der Waals surface area contributed by atoms with Crippen LogP contribution in [-0.2, 0) is 9.53 Å². The number of fused-ring (bicyclic) bond motifs is 1. The number of aromatic nitrogens is 4. The summed E-state index contributed by atoms with van der Waals surface area (Å²) in [6.07, 6.45) is 2.24. The van der Waals surface area contributed by atoms with Gasteiger partial charge in [-0.25, -0.2) is 9.50 Å². The second kappa shape index (κ2) is 6.84. The van der Waals surface area contributed by atoms with E-state index >= 15 is 0 Å². The van der Waals surface area contributed by atoms with Crippen molar-refractivity contribution in [2.24, 2.45) is 0 Å². The van der Waals surface area contributed by atoms with E-state index in [-0.39, 0.29) is 17.3 Å². The molecule has 1 N–H and O–H groups in total. The Balaban J connectivity index is 1.61. The second-order valence-corrected chi connectivity index (χ2v) is 7.09. The molecule has 23 heavy (non-hydrogen) atoms. The highest BCUT2D eigenvalue weighted by molar-refractivity contribution is 8.00. The zero-order valence-corrected chi connectivity index (χ0v) is 14.4. The monoisotopic (exact) mass is 335 g/mol. The Labute approximate surface area is 139 Å². The van der Waals surface area contributed by atoms with Crippen LogP contribution >= 0.6 is 11.8 Å². The lowest BCUT2D eigenvalue weighted by atomic mass is 10.2. The second-order valence-electron chi connectivity index (χ2n) is 5.79. The number of rotatable bonds is 5. The predicted molar refractivity (Wildman–Crippen MR) is 87.6 cm³/mol. The fourth-order valence-corrected chi connectivity index (χ4v) is 3.34. The van der Waals surface area contributed by atoms with Crippen molar-refractivity contribution in [3.8, 4) is 0 Å². The summed E-state index contributed by atoms with van der Waals surface area (Å²) >= 11 is 1.34. The number of carbonyl (C=O) groups is 1. The van der Waals surface area contributed by atoms with E-state index in [9.17, 15) is 4.79 Å². The summed E-state index contributed by atoms with van der Waals surface area (Å²) in [7, 11) is 0. The van der Waals surface area contributed by atoms with Gasteiger partial charge in [0.2, 0.25) is 11.1 Å². The largest absolute Gasteiger partial charge is 0.376 e. The van der Waals surface area contributed by atoms with Crippen molar-refractivity contribution in [3.63, 3.8) is 0 Å². The van der Waals surface area contributed by atoms with Crippen molar-refractivity contribution in [3.05, 3.63) is 17.5 Å². The summed E-state index contributed by atoms with van der Waals surface area (Å²) in [5.41, 5.74) is 1.88.